The molecule has 1 amide bonds. The number of carbonyl (C=O) groups excluding carboxylic acids is 1. The highest BCUT2D eigenvalue weighted by molar-refractivity contribution is 5.85. The maximum absolute atomic E-state index is 13.1. The van der Waals surface area contributed by atoms with Gasteiger partial charge in [-0.05, 0) is 43.2 Å². The zero-order chi connectivity index (χ0) is 18.0. The van der Waals surface area contributed by atoms with E-state index in [2.05, 4.69) is 10.4 Å². The Morgan fingerprint density at radius 3 is 2.88 bits per heavy atom. The molecule has 7 heteroatoms. The van der Waals surface area contributed by atoms with Crippen LogP contribution in [0.25, 0.3) is 0 Å². The molecule has 1 aliphatic carbocycles. The van der Waals surface area contributed by atoms with E-state index in [9.17, 15) is 9.18 Å². The molecule has 2 fully saturated rings. The van der Waals surface area contributed by atoms with E-state index in [4.69, 9.17) is 9.47 Å². The van der Waals surface area contributed by atoms with Gasteiger partial charge in [-0.3, -0.25) is 9.48 Å². The molecule has 1 aromatic carbocycles. The van der Waals surface area contributed by atoms with E-state index in [-0.39, 0.29) is 29.3 Å². The number of nitrogens with one attached hydrogen (secondary N) is 1. The van der Waals surface area contributed by atoms with Crippen LogP contribution >= 0.6 is 0 Å². The third-order valence-electron chi connectivity index (χ3n) is 5.07. The first kappa shape index (κ1) is 17.0. The first-order chi connectivity index (χ1) is 12.6. The number of aromatic nitrogens is 2. The minimum atomic E-state index is -0.385. The van der Waals surface area contributed by atoms with Gasteiger partial charge in [0.1, 0.15) is 17.7 Å². The average Bonchev–Trinajstić information content (AvgIpc) is 3.25. The molecule has 0 bridgehead atoms. The number of hydrogen-bond acceptors (Lipinski definition) is 4. The fourth-order valence-corrected chi connectivity index (χ4v) is 3.32. The van der Waals surface area contributed by atoms with Gasteiger partial charge >= 0.3 is 0 Å². The maximum Gasteiger partial charge on any atom is 0.228 e. The number of benzene rings is 1. The first-order valence-corrected chi connectivity index (χ1v) is 8.93. The van der Waals surface area contributed by atoms with Crippen molar-refractivity contribution < 1.29 is 18.7 Å². The molecule has 1 aliphatic heterocycles. The first-order valence-electron chi connectivity index (χ1n) is 8.93. The van der Waals surface area contributed by atoms with Crippen molar-refractivity contribution in [1.29, 1.82) is 0 Å². The van der Waals surface area contributed by atoms with E-state index in [1.807, 2.05) is 12.3 Å². The van der Waals surface area contributed by atoms with Crippen LogP contribution in [0.3, 0.4) is 0 Å². The topological polar surface area (TPSA) is 65.4 Å². The van der Waals surface area contributed by atoms with E-state index >= 15 is 0 Å². The predicted molar refractivity (Wildman–Crippen MR) is 92.1 cm³/mol. The molecule has 2 atom stereocenters. The van der Waals surface area contributed by atoms with E-state index in [1.54, 1.807) is 23.0 Å². The van der Waals surface area contributed by atoms with Crippen molar-refractivity contribution >= 4 is 5.91 Å². The maximum atomic E-state index is 13.1. The van der Waals surface area contributed by atoms with Crippen molar-refractivity contribution in [3.63, 3.8) is 0 Å². The molecule has 1 N–H and O–H groups in total. The minimum Gasteiger partial charge on any atom is -0.488 e. The second-order valence-corrected chi connectivity index (χ2v) is 7.04. The summed E-state index contributed by atoms with van der Waals surface area (Å²) in [4.78, 5) is 12.9. The van der Waals surface area contributed by atoms with Crippen LogP contribution in [0.5, 0.6) is 5.75 Å². The van der Waals surface area contributed by atoms with Crippen LogP contribution < -0.4 is 10.1 Å². The molecule has 1 saturated heterocycles. The summed E-state index contributed by atoms with van der Waals surface area (Å²) in [6.07, 6.45) is 5.78. The summed E-state index contributed by atoms with van der Waals surface area (Å²) >= 11 is 0. The molecule has 4 rings (SSSR count). The Morgan fingerprint density at radius 2 is 2.19 bits per heavy atom. The minimum absolute atomic E-state index is 0.0243. The van der Waals surface area contributed by atoms with Gasteiger partial charge in [0.2, 0.25) is 5.91 Å². The molecule has 2 aliphatic rings. The van der Waals surface area contributed by atoms with Crippen molar-refractivity contribution in [3.8, 4) is 5.75 Å². The van der Waals surface area contributed by atoms with E-state index in [0.29, 0.717) is 31.9 Å². The lowest BCUT2D eigenvalue weighted by atomic mass is 10.0. The molecule has 2 aromatic rings. The third-order valence-corrected chi connectivity index (χ3v) is 5.07. The standard InChI is InChI=1S/C19H22FN3O3/c20-14-2-4-15(5-3-14)26-17-6-11-25-12-16(17)22-18(24)19(7-8-19)13-23-10-1-9-21-23/h1-5,9-10,16-17H,6-8,11-13H2,(H,22,24)/t16-,17+/m1/s1. The van der Waals surface area contributed by atoms with E-state index < -0.39 is 0 Å². The van der Waals surface area contributed by atoms with Gasteiger partial charge < -0.3 is 14.8 Å². The van der Waals surface area contributed by atoms with Gasteiger partial charge in [-0.15, -0.1) is 0 Å². The van der Waals surface area contributed by atoms with Crippen LogP contribution in [0, 0.1) is 11.2 Å². The highest BCUT2D eigenvalue weighted by atomic mass is 19.1. The molecule has 0 unspecified atom stereocenters. The second-order valence-electron chi connectivity index (χ2n) is 7.04. The van der Waals surface area contributed by atoms with Crippen molar-refractivity contribution in [2.45, 2.75) is 38.0 Å². The number of nitrogens with zero attached hydrogens (tertiary/aromatic N) is 2. The van der Waals surface area contributed by atoms with Crippen LogP contribution in [0.1, 0.15) is 19.3 Å². The SMILES string of the molecule is O=C(N[C@@H]1COCC[C@@H]1Oc1ccc(F)cc1)C1(Cn2cccn2)CC1. The molecule has 1 aromatic heterocycles. The molecule has 2 heterocycles. The lowest BCUT2D eigenvalue weighted by molar-refractivity contribution is -0.130. The fraction of sp³-hybridized carbons (Fsp3) is 0.474. The van der Waals surface area contributed by atoms with Gasteiger partial charge in [0.15, 0.2) is 0 Å². The highest BCUT2D eigenvalue weighted by Crippen LogP contribution is 2.47. The Hall–Kier alpha value is -2.41. The summed E-state index contributed by atoms with van der Waals surface area (Å²) in [5.74, 6) is 0.315. The average molecular weight is 359 g/mol. The molecule has 1 saturated carbocycles. The summed E-state index contributed by atoms with van der Waals surface area (Å²) in [6.45, 7) is 1.58. The zero-order valence-corrected chi connectivity index (χ0v) is 14.4. The number of carbonyl (C=O) groups is 1. The summed E-state index contributed by atoms with van der Waals surface area (Å²) in [5, 5.41) is 7.32. The van der Waals surface area contributed by atoms with Crippen LogP contribution in [0.4, 0.5) is 4.39 Å². The monoisotopic (exact) mass is 359 g/mol. The molecule has 0 radical (unpaired) electrons. The van der Waals surface area contributed by atoms with Crippen LogP contribution in [-0.2, 0) is 16.1 Å². The Balaban J connectivity index is 1.40. The van der Waals surface area contributed by atoms with E-state index in [0.717, 1.165) is 12.8 Å². The summed E-state index contributed by atoms with van der Waals surface area (Å²) < 4.78 is 26.4. The predicted octanol–water partition coefficient (Wildman–Crippen LogP) is 2.16. The van der Waals surface area contributed by atoms with Gasteiger partial charge in [-0.25, -0.2) is 4.39 Å². The highest BCUT2D eigenvalue weighted by Gasteiger charge is 2.51. The third kappa shape index (κ3) is 3.72. The second kappa shape index (κ2) is 7.07. The van der Waals surface area contributed by atoms with Crippen molar-refractivity contribution in [2.75, 3.05) is 13.2 Å². The number of rotatable bonds is 6. The largest absolute Gasteiger partial charge is 0.488 e. The Bertz CT molecular complexity index is 744. The van der Waals surface area contributed by atoms with Crippen molar-refractivity contribution in [1.82, 2.24) is 15.1 Å². The van der Waals surface area contributed by atoms with Crippen LogP contribution in [-0.4, -0.2) is 41.0 Å². The number of hydrogen-bond donors (Lipinski definition) is 1. The zero-order valence-electron chi connectivity index (χ0n) is 14.4. The lowest BCUT2D eigenvalue weighted by Crippen LogP contribution is -2.53. The normalized spacial score (nSPS) is 24.0. The smallest absolute Gasteiger partial charge is 0.228 e. The quantitative estimate of drug-likeness (QED) is 0.858. The Labute approximate surface area is 151 Å². The number of ether oxygens (including phenoxy) is 2. The Kier molecular flexibility index (Phi) is 4.63. The number of amides is 1. The van der Waals surface area contributed by atoms with Gasteiger partial charge in [-0.2, -0.15) is 5.10 Å². The van der Waals surface area contributed by atoms with Crippen molar-refractivity contribution in [2.24, 2.45) is 5.41 Å². The van der Waals surface area contributed by atoms with Crippen LogP contribution in [0.2, 0.25) is 0 Å². The molecule has 6 nitrogen and oxygen atoms in total. The van der Waals surface area contributed by atoms with Gasteiger partial charge in [0, 0.05) is 18.8 Å². The lowest BCUT2D eigenvalue weighted by Gasteiger charge is -2.33. The van der Waals surface area contributed by atoms with Crippen LogP contribution in [0.15, 0.2) is 42.7 Å². The van der Waals surface area contributed by atoms with Gasteiger partial charge in [0.25, 0.3) is 0 Å². The summed E-state index contributed by atoms with van der Waals surface area (Å²) in [6, 6.07) is 7.57. The summed E-state index contributed by atoms with van der Waals surface area (Å²) in [5.41, 5.74) is -0.385. The van der Waals surface area contributed by atoms with Gasteiger partial charge in [0.05, 0.1) is 31.2 Å². The summed E-state index contributed by atoms with van der Waals surface area (Å²) in [7, 11) is 0. The molecular weight excluding hydrogens is 337 g/mol. The van der Waals surface area contributed by atoms with Crippen molar-refractivity contribution in [3.05, 3.63) is 48.5 Å². The molecule has 138 valence electrons. The molecular formula is C19H22FN3O3. The number of halogens is 1. The molecule has 26 heavy (non-hydrogen) atoms. The fourth-order valence-electron chi connectivity index (χ4n) is 3.32. The van der Waals surface area contributed by atoms with Gasteiger partial charge in [-0.1, -0.05) is 0 Å². The van der Waals surface area contributed by atoms with E-state index in [1.165, 1.54) is 12.1 Å². The Morgan fingerprint density at radius 1 is 1.38 bits per heavy atom. The molecule has 0 spiro atoms.